The first-order chi connectivity index (χ1) is 22.1. The molecule has 4 fully saturated rings. The number of imidazole rings is 1. The van der Waals surface area contributed by atoms with Gasteiger partial charge in [-0.3, -0.25) is 23.4 Å². The first kappa shape index (κ1) is 30.2. The summed E-state index contributed by atoms with van der Waals surface area (Å²) in [5.74, 6) is -0.0321. The lowest BCUT2D eigenvalue weighted by Gasteiger charge is -2.31. The maximum atomic E-state index is 13.6. The van der Waals surface area contributed by atoms with Crippen molar-refractivity contribution in [3.63, 3.8) is 0 Å². The zero-order valence-electron chi connectivity index (χ0n) is 23.4. The third-order valence-electron chi connectivity index (χ3n) is 8.13. The summed E-state index contributed by atoms with van der Waals surface area (Å²) in [5, 5.41) is 0. The van der Waals surface area contributed by atoms with Gasteiger partial charge in [-0.05, 0) is 11.5 Å². The number of rotatable bonds is 3. The molecule has 4 bridgehead atoms. The van der Waals surface area contributed by atoms with Gasteiger partial charge in [0.2, 0.25) is 5.95 Å². The SMILES string of the molecule is CO[C@H]1[C@H]2OP(=O)(O)OC[C@@]34CO[C@@H]([C@H](n5cnc6c(N)ncnc65)O3)[C@@H]4O[P+](=O)OC[C@H]1O[C@H]2c1snc2c(=O)[nH]c(N)nc12. The maximum Gasteiger partial charge on any atom is 0.697 e. The van der Waals surface area contributed by atoms with Gasteiger partial charge in [-0.1, -0.05) is 0 Å². The number of fused-ring (bicyclic) bond motifs is 4. The number of aromatic amines is 1. The normalized spacial score (nSPS) is 37.3. The summed E-state index contributed by atoms with van der Waals surface area (Å²) >= 11 is 0.857. The van der Waals surface area contributed by atoms with Gasteiger partial charge in [0.15, 0.2) is 34.9 Å². The highest BCUT2D eigenvalue weighted by Crippen LogP contribution is 2.56. The fourth-order valence-electron chi connectivity index (χ4n) is 6.10. The van der Waals surface area contributed by atoms with E-state index in [1.807, 2.05) is 0 Å². The number of hydrogen-bond donors (Lipinski definition) is 4. The minimum absolute atomic E-state index is 0.0202. The Balaban J connectivity index is 1.13. The number of anilines is 2. The quantitative estimate of drug-likeness (QED) is 0.206. The van der Waals surface area contributed by atoms with Crippen LogP contribution in [0.2, 0.25) is 0 Å². The van der Waals surface area contributed by atoms with E-state index in [1.54, 1.807) is 0 Å². The van der Waals surface area contributed by atoms with E-state index in [0.29, 0.717) is 11.2 Å². The van der Waals surface area contributed by atoms with Crippen molar-refractivity contribution in [2.45, 2.75) is 48.5 Å². The summed E-state index contributed by atoms with van der Waals surface area (Å²) in [7, 11) is -6.46. The van der Waals surface area contributed by atoms with Crippen molar-refractivity contribution in [1.82, 2.24) is 33.9 Å². The third-order valence-corrected chi connectivity index (χ3v) is 10.7. The number of aromatic nitrogens is 7. The van der Waals surface area contributed by atoms with E-state index in [9.17, 15) is 18.8 Å². The molecular formula is C22H24N9O12P2S+. The monoisotopic (exact) mass is 700 g/mol. The number of phosphoric acid groups is 1. The molecule has 4 aliphatic heterocycles. The lowest BCUT2D eigenvalue weighted by Crippen LogP contribution is -2.45. The summed E-state index contributed by atoms with van der Waals surface area (Å²) in [5.41, 5.74) is 10.3. The lowest BCUT2D eigenvalue weighted by atomic mass is 10.0. The second kappa shape index (κ2) is 11.0. The van der Waals surface area contributed by atoms with E-state index in [4.69, 9.17) is 48.5 Å². The molecule has 0 amide bonds. The Labute approximate surface area is 261 Å². The Morgan fingerprint density at radius 1 is 1.22 bits per heavy atom. The van der Waals surface area contributed by atoms with Crippen LogP contribution in [0.5, 0.6) is 0 Å². The van der Waals surface area contributed by atoms with Crippen molar-refractivity contribution in [2.75, 3.05) is 38.4 Å². The molecule has 0 saturated carbocycles. The number of H-pyrrole nitrogens is 1. The fraction of sp³-hybridized carbons (Fsp3) is 0.545. The minimum Gasteiger partial charge on any atom is -0.382 e. The number of methoxy groups -OCH3 is 1. The zero-order valence-corrected chi connectivity index (χ0v) is 26.0. The van der Waals surface area contributed by atoms with Gasteiger partial charge in [0.1, 0.15) is 54.5 Å². The minimum atomic E-state index is -4.94. The first-order valence-corrected chi connectivity index (χ1v) is 16.9. The average Bonchev–Trinajstić information content (AvgIpc) is 3.82. The van der Waals surface area contributed by atoms with E-state index < -0.39 is 76.7 Å². The molecule has 4 aromatic heterocycles. The van der Waals surface area contributed by atoms with Gasteiger partial charge in [0, 0.05) is 11.7 Å². The number of nitrogens with one attached hydrogen (secondary N) is 1. The van der Waals surface area contributed by atoms with Gasteiger partial charge >= 0.3 is 16.1 Å². The standard InChI is InChI=1S/C22H23N9O12P2S/c1-36-11-7-2-38-44(33)42-16-14-20(31-6-27-10-17(23)25-5-26-18(10)31)41-22(16,3-37-14)4-39-45(34,35)43-12(11)13(40-7)15-8-9(30-46-15)19(32)29-21(24)28-8/h5-7,11-14,16,20H,2-4H2,1H3,(H5-,23,24,25,26,28,29,32,34,35)/p+1/t7-,11-,12-,13-,14-,16+,20-,22-/m1/s1. The first-order valence-electron chi connectivity index (χ1n) is 13.6. The van der Waals surface area contributed by atoms with Crippen LogP contribution in [0.25, 0.3) is 22.2 Å². The Bertz CT molecular complexity index is 1980. The van der Waals surface area contributed by atoms with E-state index in [-0.39, 0.29) is 40.9 Å². The van der Waals surface area contributed by atoms with Crippen LogP contribution in [0.15, 0.2) is 17.4 Å². The summed E-state index contributed by atoms with van der Waals surface area (Å²) in [4.78, 5) is 42.7. The Morgan fingerprint density at radius 3 is 2.89 bits per heavy atom. The molecule has 24 heteroatoms. The van der Waals surface area contributed by atoms with Crippen molar-refractivity contribution in [3.05, 3.63) is 27.9 Å². The van der Waals surface area contributed by atoms with E-state index >= 15 is 0 Å². The molecule has 8 rings (SSSR count). The van der Waals surface area contributed by atoms with E-state index in [0.717, 1.165) is 11.5 Å². The van der Waals surface area contributed by atoms with E-state index in [2.05, 4.69) is 29.3 Å². The predicted molar refractivity (Wildman–Crippen MR) is 152 cm³/mol. The number of nitrogens with two attached hydrogens (primary N) is 2. The molecule has 0 spiro atoms. The molecule has 2 unspecified atom stereocenters. The van der Waals surface area contributed by atoms with Crippen LogP contribution in [-0.4, -0.2) is 102 Å². The molecule has 8 heterocycles. The molecule has 4 saturated heterocycles. The molecule has 10 atom stereocenters. The molecule has 6 N–H and O–H groups in total. The molecule has 0 aliphatic carbocycles. The summed E-state index contributed by atoms with van der Waals surface area (Å²) in [6.07, 6.45) is -4.78. The topological polar surface area (TPSA) is 282 Å². The average molecular weight is 700 g/mol. The van der Waals surface area contributed by atoms with Crippen molar-refractivity contribution in [1.29, 1.82) is 0 Å². The smallest absolute Gasteiger partial charge is 0.382 e. The highest BCUT2D eigenvalue weighted by atomic mass is 32.1. The van der Waals surface area contributed by atoms with Crippen LogP contribution < -0.4 is 17.0 Å². The third kappa shape index (κ3) is 4.76. The highest BCUT2D eigenvalue weighted by Gasteiger charge is 2.67. The molecule has 0 aromatic carbocycles. The number of nitrogen functional groups attached to an aromatic ring is 2. The van der Waals surface area contributed by atoms with E-state index in [1.165, 1.54) is 24.3 Å². The van der Waals surface area contributed by atoms with Crippen molar-refractivity contribution < 1.29 is 51.1 Å². The number of phosphoric ester groups is 1. The Hall–Kier alpha value is -3.11. The van der Waals surface area contributed by atoms with Gasteiger partial charge in [-0.15, -0.1) is 9.05 Å². The van der Waals surface area contributed by atoms with Crippen LogP contribution in [-0.2, 0) is 46.2 Å². The predicted octanol–water partition coefficient (Wildman–Crippen LogP) is 0.0802. The van der Waals surface area contributed by atoms with Crippen LogP contribution in [0.4, 0.5) is 11.8 Å². The van der Waals surface area contributed by atoms with Crippen LogP contribution in [0.1, 0.15) is 17.2 Å². The molecule has 46 heavy (non-hydrogen) atoms. The Morgan fingerprint density at radius 2 is 2.07 bits per heavy atom. The second-order valence-electron chi connectivity index (χ2n) is 10.8. The van der Waals surface area contributed by atoms with Crippen molar-refractivity contribution in [3.8, 4) is 0 Å². The molecule has 244 valence electrons. The molecule has 4 aromatic rings. The van der Waals surface area contributed by atoms with Crippen LogP contribution >= 0.6 is 27.6 Å². The van der Waals surface area contributed by atoms with Gasteiger partial charge in [0.05, 0.1) is 24.4 Å². The van der Waals surface area contributed by atoms with Gasteiger partial charge in [0.25, 0.3) is 5.56 Å². The van der Waals surface area contributed by atoms with Gasteiger partial charge < -0.3 is 35.3 Å². The van der Waals surface area contributed by atoms with Gasteiger partial charge in [-0.25, -0.2) is 24.5 Å². The molecule has 4 aliphatic rings. The summed E-state index contributed by atoms with van der Waals surface area (Å²) in [6, 6.07) is 0. The number of hydrogen-bond acceptors (Lipinski definition) is 19. The number of ether oxygens (including phenoxy) is 4. The van der Waals surface area contributed by atoms with Crippen molar-refractivity contribution >= 4 is 61.6 Å². The van der Waals surface area contributed by atoms with Crippen LogP contribution in [0.3, 0.4) is 0 Å². The second-order valence-corrected chi connectivity index (χ2v) is 13.9. The van der Waals surface area contributed by atoms with Crippen molar-refractivity contribution in [2.24, 2.45) is 0 Å². The summed E-state index contributed by atoms with van der Waals surface area (Å²) in [6.45, 7) is -1.11. The molecular weight excluding hydrogens is 676 g/mol. The van der Waals surface area contributed by atoms with Crippen LogP contribution in [0, 0.1) is 0 Å². The zero-order chi connectivity index (χ0) is 32.0. The Kier molecular flexibility index (Phi) is 7.21. The lowest BCUT2D eigenvalue weighted by molar-refractivity contribution is -0.184. The number of nitrogens with zero attached hydrogens (tertiary/aromatic N) is 6. The molecule has 0 radical (unpaired) electrons. The summed E-state index contributed by atoms with van der Waals surface area (Å²) < 4.78 is 79.2. The highest BCUT2D eigenvalue weighted by molar-refractivity contribution is 7.47. The maximum absolute atomic E-state index is 13.6. The van der Waals surface area contributed by atoms with Gasteiger partial charge in [-0.2, -0.15) is 4.37 Å². The largest absolute Gasteiger partial charge is 0.697 e. The fourth-order valence-corrected chi connectivity index (χ4v) is 8.79. The molecule has 21 nitrogen and oxygen atoms in total.